The van der Waals surface area contributed by atoms with Gasteiger partial charge in [-0.1, -0.05) is 121 Å². The Morgan fingerprint density at radius 3 is 1.39 bits per heavy atom. The number of benzene rings is 4. The summed E-state index contributed by atoms with van der Waals surface area (Å²) >= 11 is 0. The zero-order valence-corrected chi connectivity index (χ0v) is 23.1. The fraction of sp³-hybridized carbons (Fsp3) is 0.226. The van der Waals surface area contributed by atoms with Crippen LogP contribution in [0.25, 0.3) is 0 Å². The van der Waals surface area contributed by atoms with E-state index in [0.717, 1.165) is 12.5 Å². The highest BCUT2D eigenvalue weighted by Gasteiger charge is 2.70. The van der Waals surface area contributed by atoms with Crippen molar-refractivity contribution >= 4 is 26.3 Å². The number of rotatable bonds is 8. The highest BCUT2D eigenvalue weighted by Crippen LogP contribution is 2.49. The Morgan fingerprint density at radius 1 is 0.611 bits per heavy atom. The standard InChI is InChI=1S/C31H34O3Si2/c1-3-32-35(33-4-2)26-25-31(27-17-9-5-10-18-27,28-19-11-6-12-20-28)34-36(35,29-21-13-7-14-22-29)30-23-15-8-16-24-30/h5-24H,3-4,25-26H2,1-2H3. The monoisotopic (exact) mass is 510 g/mol. The van der Waals surface area contributed by atoms with Crippen LogP contribution >= 0.6 is 0 Å². The lowest BCUT2D eigenvalue weighted by atomic mass is 9.84. The van der Waals surface area contributed by atoms with E-state index in [2.05, 4.69) is 135 Å². The first kappa shape index (κ1) is 24.9. The topological polar surface area (TPSA) is 27.7 Å². The molecule has 0 saturated carbocycles. The summed E-state index contributed by atoms with van der Waals surface area (Å²) in [7, 11) is -5.95. The van der Waals surface area contributed by atoms with Crippen molar-refractivity contribution in [3.05, 3.63) is 132 Å². The van der Waals surface area contributed by atoms with Gasteiger partial charge in [0, 0.05) is 13.2 Å². The molecule has 3 nitrogen and oxygen atoms in total. The average molecular weight is 511 g/mol. The molecule has 0 aliphatic carbocycles. The van der Waals surface area contributed by atoms with Crippen LogP contribution in [0.4, 0.5) is 0 Å². The second-order valence-electron chi connectivity index (χ2n) is 9.19. The van der Waals surface area contributed by atoms with E-state index in [1.165, 1.54) is 21.5 Å². The van der Waals surface area contributed by atoms with Crippen molar-refractivity contribution in [1.82, 2.24) is 0 Å². The van der Waals surface area contributed by atoms with E-state index in [-0.39, 0.29) is 0 Å². The van der Waals surface area contributed by atoms with Crippen LogP contribution < -0.4 is 10.4 Å². The molecule has 36 heavy (non-hydrogen) atoms. The Balaban J connectivity index is 1.86. The van der Waals surface area contributed by atoms with Gasteiger partial charge in [0.05, 0.1) is 0 Å². The van der Waals surface area contributed by atoms with Crippen molar-refractivity contribution in [2.45, 2.75) is 31.9 Å². The quantitative estimate of drug-likeness (QED) is 0.285. The molecule has 1 fully saturated rings. The summed E-state index contributed by atoms with van der Waals surface area (Å²) in [5.74, 6) is 0. The van der Waals surface area contributed by atoms with Crippen LogP contribution in [0, 0.1) is 0 Å². The molecule has 0 bridgehead atoms. The predicted molar refractivity (Wildman–Crippen MR) is 151 cm³/mol. The summed E-state index contributed by atoms with van der Waals surface area (Å²) < 4.78 is 21.6. The van der Waals surface area contributed by atoms with Crippen molar-refractivity contribution in [3.63, 3.8) is 0 Å². The molecule has 0 aromatic heterocycles. The van der Waals surface area contributed by atoms with Gasteiger partial charge in [-0.2, -0.15) is 0 Å². The van der Waals surface area contributed by atoms with Gasteiger partial charge in [0.2, 0.25) is 0 Å². The van der Waals surface area contributed by atoms with Gasteiger partial charge in [-0.15, -0.1) is 0 Å². The largest absolute Gasteiger partial charge is 0.395 e. The fourth-order valence-electron chi connectivity index (χ4n) is 5.82. The van der Waals surface area contributed by atoms with E-state index in [0.29, 0.717) is 13.2 Å². The average Bonchev–Trinajstić information content (AvgIpc) is 2.96. The molecule has 184 valence electrons. The Kier molecular flexibility index (Phi) is 7.37. The molecule has 0 radical (unpaired) electrons. The Morgan fingerprint density at radius 2 is 1.00 bits per heavy atom. The van der Waals surface area contributed by atoms with Gasteiger partial charge in [0.15, 0.2) is 0 Å². The van der Waals surface area contributed by atoms with E-state index < -0.39 is 21.5 Å². The lowest BCUT2D eigenvalue weighted by molar-refractivity contribution is 0.0741. The molecule has 4 aromatic carbocycles. The Labute approximate surface area is 216 Å². The van der Waals surface area contributed by atoms with E-state index in [4.69, 9.17) is 13.3 Å². The Bertz CT molecular complexity index is 1150. The summed E-state index contributed by atoms with van der Waals surface area (Å²) in [4.78, 5) is 0. The molecular formula is C31H34O3Si2. The minimum atomic E-state index is -3.06. The van der Waals surface area contributed by atoms with Crippen LogP contribution in [0.15, 0.2) is 121 Å². The second kappa shape index (κ2) is 10.7. The molecular weight excluding hydrogens is 477 g/mol. The maximum atomic E-state index is 7.88. The van der Waals surface area contributed by atoms with Gasteiger partial charge in [0.1, 0.15) is 5.60 Å². The van der Waals surface area contributed by atoms with E-state index >= 15 is 0 Å². The number of hydrogen-bond acceptors (Lipinski definition) is 3. The summed E-state index contributed by atoms with van der Waals surface area (Å²) in [6.07, 6.45) is 0.807. The minimum Gasteiger partial charge on any atom is -0.395 e. The van der Waals surface area contributed by atoms with Crippen molar-refractivity contribution < 1.29 is 13.3 Å². The van der Waals surface area contributed by atoms with E-state index in [1.54, 1.807) is 0 Å². The van der Waals surface area contributed by atoms with Gasteiger partial charge in [-0.3, -0.25) is 0 Å². The van der Waals surface area contributed by atoms with Gasteiger partial charge in [-0.05, 0) is 47.8 Å². The highest BCUT2D eigenvalue weighted by atomic mass is 29.3. The summed E-state index contributed by atoms with van der Waals surface area (Å²) in [6.45, 7) is 5.37. The molecule has 5 rings (SSSR count). The van der Waals surface area contributed by atoms with E-state index in [1.807, 2.05) is 0 Å². The van der Waals surface area contributed by atoms with Gasteiger partial charge in [0.25, 0.3) is 0 Å². The van der Waals surface area contributed by atoms with Crippen LogP contribution in [0.1, 0.15) is 31.4 Å². The smallest absolute Gasteiger partial charge is 0.360 e. The first-order valence-electron chi connectivity index (χ1n) is 12.9. The van der Waals surface area contributed by atoms with Gasteiger partial charge in [-0.25, -0.2) is 0 Å². The molecule has 4 aromatic rings. The molecule has 0 spiro atoms. The third kappa shape index (κ3) is 4.11. The summed E-state index contributed by atoms with van der Waals surface area (Å²) in [5.41, 5.74) is 1.75. The molecule has 0 N–H and O–H groups in total. The fourth-order valence-corrected chi connectivity index (χ4v) is 20.5. The highest BCUT2D eigenvalue weighted by molar-refractivity contribution is 7.45. The zero-order valence-electron chi connectivity index (χ0n) is 21.1. The molecule has 1 aliphatic rings. The Hall–Kier alpha value is -2.81. The van der Waals surface area contributed by atoms with Gasteiger partial charge >= 0.3 is 15.9 Å². The van der Waals surface area contributed by atoms with Crippen LogP contribution in [0.2, 0.25) is 6.04 Å². The maximum absolute atomic E-state index is 7.88. The van der Waals surface area contributed by atoms with E-state index in [9.17, 15) is 0 Å². The lowest BCUT2D eigenvalue weighted by Gasteiger charge is -2.55. The molecule has 5 heteroatoms. The molecule has 0 amide bonds. The summed E-state index contributed by atoms with van der Waals surface area (Å²) in [6, 6.07) is 43.8. The van der Waals surface area contributed by atoms with Crippen molar-refractivity contribution in [3.8, 4) is 0 Å². The number of hydrogen-bond donors (Lipinski definition) is 0. The van der Waals surface area contributed by atoms with Crippen molar-refractivity contribution in [2.75, 3.05) is 13.2 Å². The minimum absolute atomic E-state index is 0.605. The van der Waals surface area contributed by atoms with Crippen molar-refractivity contribution in [1.29, 1.82) is 0 Å². The molecule has 0 unspecified atom stereocenters. The second-order valence-corrected chi connectivity index (χ2v) is 18.9. The van der Waals surface area contributed by atoms with Crippen LogP contribution in [-0.2, 0) is 18.9 Å². The zero-order chi connectivity index (χ0) is 24.9. The molecule has 1 aliphatic heterocycles. The molecule has 0 atom stereocenters. The normalized spacial score (nSPS) is 17.9. The SMILES string of the molecule is CCO[Si]1(OCC)CCC(c2ccccc2)(c2ccccc2)O[Si]1(c1ccccc1)c1ccccc1. The first-order chi connectivity index (χ1) is 17.7. The van der Waals surface area contributed by atoms with Crippen LogP contribution in [0.5, 0.6) is 0 Å². The van der Waals surface area contributed by atoms with Gasteiger partial charge < -0.3 is 13.3 Å². The van der Waals surface area contributed by atoms with Crippen LogP contribution in [0.3, 0.4) is 0 Å². The van der Waals surface area contributed by atoms with Crippen LogP contribution in [-0.4, -0.2) is 29.1 Å². The third-order valence-electron chi connectivity index (χ3n) is 7.27. The summed E-state index contributed by atoms with van der Waals surface area (Å²) in [5, 5.41) is 2.42. The maximum Gasteiger partial charge on any atom is 0.360 e. The van der Waals surface area contributed by atoms with Crippen molar-refractivity contribution in [2.24, 2.45) is 0 Å². The predicted octanol–water partition coefficient (Wildman–Crippen LogP) is 5.70. The lowest BCUT2D eigenvalue weighted by Crippen LogP contribution is -2.84. The first-order valence-corrected chi connectivity index (χ1v) is 17.8. The molecule has 1 saturated heterocycles. The third-order valence-corrected chi connectivity index (χ3v) is 20.6. The molecule has 1 heterocycles.